The number of fused-ring (bicyclic) bond motifs is 1. The number of rotatable bonds is 6. The van der Waals surface area contributed by atoms with Crippen molar-refractivity contribution in [1.82, 2.24) is 24.7 Å². The van der Waals surface area contributed by atoms with Crippen molar-refractivity contribution < 1.29 is 9.18 Å². The number of thiophene rings is 1. The van der Waals surface area contributed by atoms with Crippen LogP contribution in [0.4, 0.5) is 21.6 Å². The first kappa shape index (κ1) is 21.0. The molecule has 3 heterocycles. The molecule has 5 aromatic rings. The Kier molecular flexibility index (Phi) is 5.68. The van der Waals surface area contributed by atoms with E-state index in [0.29, 0.717) is 16.5 Å². The molecule has 0 aliphatic rings. The second-order valence-electron chi connectivity index (χ2n) is 7.02. The van der Waals surface area contributed by atoms with Gasteiger partial charge in [0.25, 0.3) is 0 Å². The van der Waals surface area contributed by atoms with Crippen molar-refractivity contribution in [3.8, 4) is 11.1 Å². The Bertz CT molecular complexity index is 1440. The van der Waals surface area contributed by atoms with Gasteiger partial charge in [0.05, 0.1) is 11.1 Å². The molecule has 0 aliphatic carbocycles. The van der Waals surface area contributed by atoms with Gasteiger partial charge < -0.3 is 10.6 Å². The van der Waals surface area contributed by atoms with Gasteiger partial charge in [-0.05, 0) is 35.9 Å². The van der Waals surface area contributed by atoms with Gasteiger partial charge in [0, 0.05) is 21.7 Å². The number of nitrogens with zero attached hydrogens (tertiary/aromatic N) is 5. The van der Waals surface area contributed by atoms with Crippen molar-refractivity contribution in [3.05, 3.63) is 77.7 Å². The van der Waals surface area contributed by atoms with Gasteiger partial charge in [-0.2, -0.15) is 5.10 Å². The Hall–Kier alpha value is -3.89. The molecule has 0 atom stereocenters. The predicted octanol–water partition coefficient (Wildman–Crippen LogP) is 5.12. The van der Waals surface area contributed by atoms with Gasteiger partial charge in [0.15, 0.2) is 0 Å². The normalized spacial score (nSPS) is 11.0. The minimum absolute atomic E-state index is 0.0404. The molecule has 0 saturated heterocycles. The molecular weight excluding hydrogens is 465 g/mol. The standard InChI is InChI=1S/C22H15ClFN7OS/c23-14-3-1-13(2-4-14)16-9-33-22-20(16)21(26-11-27-22)29-15-5-6-17(24)18(7-15)30-19(32)8-31-12-25-10-28-31/h1-7,9-12H,8H2,(H,30,32)(H,26,27,29). The molecule has 0 radical (unpaired) electrons. The summed E-state index contributed by atoms with van der Waals surface area (Å²) in [6, 6.07) is 11.9. The maximum absolute atomic E-state index is 14.4. The number of nitrogens with one attached hydrogen (secondary N) is 2. The summed E-state index contributed by atoms with van der Waals surface area (Å²) in [4.78, 5) is 25.6. The maximum Gasteiger partial charge on any atom is 0.246 e. The van der Waals surface area contributed by atoms with E-state index in [4.69, 9.17) is 11.6 Å². The van der Waals surface area contributed by atoms with Gasteiger partial charge in [0.2, 0.25) is 5.91 Å². The summed E-state index contributed by atoms with van der Waals surface area (Å²) >= 11 is 7.53. The van der Waals surface area contributed by atoms with Gasteiger partial charge in [-0.1, -0.05) is 23.7 Å². The van der Waals surface area contributed by atoms with Crippen LogP contribution >= 0.6 is 22.9 Å². The molecule has 3 aromatic heterocycles. The number of carbonyl (C=O) groups is 1. The Balaban J connectivity index is 1.44. The molecule has 0 unspecified atom stereocenters. The first-order valence-electron chi connectivity index (χ1n) is 9.74. The van der Waals surface area contributed by atoms with E-state index < -0.39 is 11.7 Å². The third-order valence-corrected chi connectivity index (χ3v) is 5.94. The van der Waals surface area contributed by atoms with Crippen LogP contribution in [0.15, 0.2) is 66.8 Å². The number of carbonyl (C=O) groups excluding carboxylic acids is 1. The van der Waals surface area contributed by atoms with Crippen molar-refractivity contribution in [3.63, 3.8) is 0 Å². The summed E-state index contributed by atoms with van der Waals surface area (Å²) in [5.41, 5.74) is 2.53. The number of hydrogen-bond acceptors (Lipinski definition) is 7. The zero-order chi connectivity index (χ0) is 22.8. The Morgan fingerprint density at radius 3 is 2.76 bits per heavy atom. The third kappa shape index (κ3) is 4.52. The second kappa shape index (κ2) is 8.93. The highest BCUT2D eigenvalue weighted by atomic mass is 35.5. The third-order valence-electron chi connectivity index (χ3n) is 4.80. The molecule has 2 N–H and O–H groups in total. The quantitative estimate of drug-likeness (QED) is 0.350. The van der Waals surface area contributed by atoms with Crippen molar-refractivity contribution >= 4 is 56.3 Å². The van der Waals surface area contributed by atoms with Crippen LogP contribution in [0.2, 0.25) is 5.02 Å². The van der Waals surface area contributed by atoms with Crippen LogP contribution in [0, 0.1) is 5.82 Å². The number of hydrogen-bond donors (Lipinski definition) is 2. The van der Waals surface area contributed by atoms with Crippen molar-refractivity contribution in [2.75, 3.05) is 10.6 Å². The van der Waals surface area contributed by atoms with Crippen LogP contribution in [-0.2, 0) is 11.3 Å². The summed E-state index contributed by atoms with van der Waals surface area (Å²) in [5, 5.41) is 13.2. The molecule has 11 heteroatoms. The highest BCUT2D eigenvalue weighted by molar-refractivity contribution is 7.17. The van der Waals surface area contributed by atoms with Crippen molar-refractivity contribution in [1.29, 1.82) is 0 Å². The van der Waals surface area contributed by atoms with Gasteiger partial charge in [0.1, 0.15) is 42.0 Å². The van der Waals surface area contributed by atoms with Crippen LogP contribution < -0.4 is 10.6 Å². The van der Waals surface area contributed by atoms with Crippen LogP contribution in [-0.4, -0.2) is 30.6 Å². The van der Waals surface area contributed by atoms with E-state index >= 15 is 0 Å². The van der Waals surface area contributed by atoms with E-state index in [-0.39, 0.29) is 12.2 Å². The Morgan fingerprint density at radius 2 is 1.97 bits per heavy atom. The fraction of sp³-hybridized carbons (Fsp3) is 0.0455. The molecule has 33 heavy (non-hydrogen) atoms. The van der Waals surface area contributed by atoms with E-state index in [2.05, 4.69) is 30.7 Å². The average molecular weight is 480 g/mol. The molecule has 5 rings (SSSR count). The zero-order valence-corrected chi connectivity index (χ0v) is 18.4. The molecular formula is C22H15ClFN7OS. The average Bonchev–Trinajstić information content (AvgIpc) is 3.47. The Labute approximate surface area is 196 Å². The van der Waals surface area contributed by atoms with Crippen LogP contribution in [0.1, 0.15) is 0 Å². The van der Waals surface area contributed by atoms with Crippen LogP contribution in [0.25, 0.3) is 21.3 Å². The highest BCUT2D eigenvalue weighted by Crippen LogP contribution is 2.38. The van der Waals surface area contributed by atoms with E-state index in [1.54, 1.807) is 6.07 Å². The van der Waals surface area contributed by atoms with Gasteiger partial charge in [-0.3, -0.25) is 4.79 Å². The second-order valence-corrected chi connectivity index (χ2v) is 8.31. The number of benzene rings is 2. The van der Waals surface area contributed by atoms with Crippen LogP contribution in [0.3, 0.4) is 0 Å². The topological polar surface area (TPSA) is 97.6 Å². The number of amides is 1. The van der Waals surface area contributed by atoms with E-state index in [1.807, 2.05) is 29.6 Å². The van der Waals surface area contributed by atoms with Gasteiger partial charge in [-0.25, -0.2) is 24.0 Å². The fourth-order valence-corrected chi connectivity index (χ4v) is 4.34. The number of halogens is 2. The molecule has 0 fully saturated rings. The lowest BCUT2D eigenvalue weighted by Gasteiger charge is -2.12. The summed E-state index contributed by atoms with van der Waals surface area (Å²) in [6.07, 6.45) is 4.20. The summed E-state index contributed by atoms with van der Waals surface area (Å²) in [7, 11) is 0. The molecule has 2 aromatic carbocycles. The maximum atomic E-state index is 14.4. The van der Waals surface area contributed by atoms with Crippen molar-refractivity contribution in [2.24, 2.45) is 0 Å². The SMILES string of the molecule is O=C(Cn1cncn1)Nc1cc(Nc2ncnc3scc(-c4ccc(Cl)cc4)c23)ccc1F. The molecule has 8 nitrogen and oxygen atoms in total. The largest absolute Gasteiger partial charge is 0.340 e. The summed E-state index contributed by atoms with van der Waals surface area (Å²) in [6.45, 7) is -0.0804. The first-order valence-corrected chi connectivity index (χ1v) is 11.0. The smallest absolute Gasteiger partial charge is 0.246 e. The van der Waals surface area contributed by atoms with E-state index in [0.717, 1.165) is 21.3 Å². The van der Waals surface area contributed by atoms with E-state index in [1.165, 1.54) is 47.1 Å². The van der Waals surface area contributed by atoms with E-state index in [9.17, 15) is 9.18 Å². The minimum Gasteiger partial charge on any atom is -0.340 e. The summed E-state index contributed by atoms with van der Waals surface area (Å²) in [5.74, 6) is -0.417. The predicted molar refractivity (Wildman–Crippen MR) is 126 cm³/mol. The van der Waals surface area contributed by atoms with Crippen molar-refractivity contribution in [2.45, 2.75) is 6.54 Å². The minimum atomic E-state index is -0.558. The summed E-state index contributed by atoms with van der Waals surface area (Å²) < 4.78 is 15.7. The molecule has 0 saturated carbocycles. The molecule has 1 amide bonds. The fourth-order valence-electron chi connectivity index (χ4n) is 3.30. The molecule has 0 bridgehead atoms. The van der Waals surface area contributed by atoms with Gasteiger partial charge >= 0.3 is 0 Å². The molecule has 164 valence electrons. The molecule has 0 spiro atoms. The Morgan fingerprint density at radius 1 is 1.12 bits per heavy atom. The highest BCUT2D eigenvalue weighted by Gasteiger charge is 2.15. The lowest BCUT2D eigenvalue weighted by molar-refractivity contribution is -0.116. The monoisotopic (exact) mass is 479 g/mol. The molecule has 0 aliphatic heterocycles. The van der Waals surface area contributed by atoms with Gasteiger partial charge in [-0.15, -0.1) is 11.3 Å². The lowest BCUT2D eigenvalue weighted by Crippen LogP contribution is -2.19. The van der Waals surface area contributed by atoms with Crippen LogP contribution in [0.5, 0.6) is 0 Å². The first-order chi connectivity index (χ1) is 16.1. The zero-order valence-electron chi connectivity index (χ0n) is 16.9. The number of anilines is 3. The lowest BCUT2D eigenvalue weighted by atomic mass is 10.1. The number of aromatic nitrogens is 5.